The average molecular weight is 358 g/mol. The highest BCUT2D eigenvalue weighted by Gasteiger charge is 2.25. The van der Waals surface area contributed by atoms with Crippen LogP contribution in [0.2, 0.25) is 5.02 Å². The maximum atomic E-state index is 13.7. The van der Waals surface area contributed by atoms with Crippen LogP contribution < -0.4 is 5.32 Å². The number of phenols is 1. The molecule has 10 heteroatoms. The maximum absolute atomic E-state index is 13.7. The van der Waals surface area contributed by atoms with Gasteiger partial charge in [-0.3, -0.25) is 10.1 Å². The SMILES string of the molecule is COC(=O)/C=C1/S/C(=N\N=Cc2c(O)ccc(Cl)c2F)NC1=O. The van der Waals surface area contributed by atoms with Crippen LogP contribution in [0.1, 0.15) is 5.56 Å². The smallest absolute Gasteiger partial charge is 0.331 e. The number of benzene rings is 1. The zero-order chi connectivity index (χ0) is 17.0. The first kappa shape index (κ1) is 17.0. The van der Waals surface area contributed by atoms with E-state index >= 15 is 0 Å². The van der Waals surface area contributed by atoms with Crippen LogP contribution in [0.25, 0.3) is 0 Å². The highest BCUT2D eigenvalue weighted by atomic mass is 35.5. The van der Waals surface area contributed by atoms with E-state index in [-0.39, 0.29) is 26.4 Å². The first-order valence-corrected chi connectivity index (χ1v) is 7.18. The molecule has 0 radical (unpaired) electrons. The van der Waals surface area contributed by atoms with Crippen LogP contribution in [0.3, 0.4) is 0 Å². The molecule has 2 rings (SSSR count). The van der Waals surface area contributed by atoms with Gasteiger partial charge in [-0.2, -0.15) is 5.10 Å². The van der Waals surface area contributed by atoms with Gasteiger partial charge in [0.15, 0.2) is 11.0 Å². The van der Waals surface area contributed by atoms with Gasteiger partial charge in [-0.15, -0.1) is 5.10 Å². The Bertz CT molecular complexity index is 764. The van der Waals surface area contributed by atoms with Crippen LogP contribution in [0.4, 0.5) is 4.39 Å². The Hall–Kier alpha value is -2.39. The lowest BCUT2D eigenvalue weighted by Gasteiger charge is -2.01. The number of methoxy groups -OCH3 is 1. The predicted octanol–water partition coefficient (Wildman–Crippen LogP) is 1.79. The molecule has 0 saturated carbocycles. The molecule has 0 aromatic heterocycles. The highest BCUT2D eigenvalue weighted by molar-refractivity contribution is 8.18. The second-order valence-electron chi connectivity index (χ2n) is 4.03. The summed E-state index contributed by atoms with van der Waals surface area (Å²) in [7, 11) is 1.18. The molecule has 0 atom stereocenters. The summed E-state index contributed by atoms with van der Waals surface area (Å²) in [4.78, 5) is 22.7. The summed E-state index contributed by atoms with van der Waals surface area (Å²) in [6.45, 7) is 0. The van der Waals surface area contributed by atoms with Gasteiger partial charge < -0.3 is 9.84 Å². The molecule has 1 aliphatic rings. The van der Waals surface area contributed by atoms with Gasteiger partial charge in [0.05, 0.1) is 28.8 Å². The number of amidine groups is 1. The number of halogens is 2. The van der Waals surface area contributed by atoms with E-state index in [0.717, 1.165) is 24.1 Å². The average Bonchev–Trinajstić information content (AvgIpc) is 2.86. The van der Waals surface area contributed by atoms with Gasteiger partial charge in [0, 0.05) is 6.08 Å². The fourth-order valence-corrected chi connectivity index (χ4v) is 2.36. The monoisotopic (exact) mass is 357 g/mol. The normalized spacial score (nSPS) is 18.0. The molecular formula is C13H9ClFN3O4S. The van der Waals surface area contributed by atoms with Gasteiger partial charge in [0.25, 0.3) is 5.91 Å². The third-order valence-corrected chi connectivity index (χ3v) is 3.74. The van der Waals surface area contributed by atoms with Gasteiger partial charge in [-0.1, -0.05) is 11.6 Å². The van der Waals surface area contributed by atoms with Gasteiger partial charge in [0.2, 0.25) is 0 Å². The lowest BCUT2D eigenvalue weighted by molar-refractivity contribution is -0.135. The van der Waals surface area contributed by atoms with E-state index in [2.05, 4.69) is 20.3 Å². The number of aromatic hydroxyl groups is 1. The molecule has 2 N–H and O–H groups in total. The summed E-state index contributed by atoms with van der Waals surface area (Å²) in [5.41, 5.74) is -0.235. The van der Waals surface area contributed by atoms with Crippen LogP contribution >= 0.6 is 23.4 Å². The predicted molar refractivity (Wildman–Crippen MR) is 83.9 cm³/mol. The summed E-state index contributed by atoms with van der Waals surface area (Å²) >= 11 is 6.46. The molecule has 1 aromatic carbocycles. The van der Waals surface area contributed by atoms with Gasteiger partial charge in [0.1, 0.15) is 5.75 Å². The molecule has 1 aromatic rings. The van der Waals surface area contributed by atoms with Crippen molar-refractivity contribution in [2.45, 2.75) is 0 Å². The first-order valence-electron chi connectivity index (χ1n) is 5.99. The number of thioether (sulfide) groups is 1. The van der Waals surface area contributed by atoms with E-state index in [1.54, 1.807) is 0 Å². The minimum absolute atomic E-state index is 0.0857. The number of rotatable bonds is 3. The fraction of sp³-hybridized carbons (Fsp3) is 0.0769. The number of hydrogen-bond donors (Lipinski definition) is 2. The Balaban J connectivity index is 2.16. The molecule has 0 bridgehead atoms. The van der Waals surface area contributed by atoms with Crippen LogP contribution in [-0.2, 0) is 14.3 Å². The zero-order valence-electron chi connectivity index (χ0n) is 11.5. The summed E-state index contributed by atoms with van der Waals surface area (Å²) in [5.74, 6) is -2.42. The van der Waals surface area contributed by atoms with Gasteiger partial charge >= 0.3 is 5.97 Å². The van der Waals surface area contributed by atoms with E-state index in [4.69, 9.17) is 11.6 Å². The Morgan fingerprint density at radius 3 is 2.96 bits per heavy atom. The number of phenolic OH excluding ortho intramolecular Hbond substituents is 1. The molecule has 1 saturated heterocycles. The Morgan fingerprint density at radius 1 is 1.52 bits per heavy atom. The Labute approximate surface area is 138 Å². The Kier molecular flexibility index (Phi) is 5.35. The van der Waals surface area contributed by atoms with E-state index < -0.39 is 17.7 Å². The van der Waals surface area contributed by atoms with E-state index in [1.165, 1.54) is 19.2 Å². The summed E-state index contributed by atoms with van der Waals surface area (Å²) in [6, 6.07) is 2.41. The van der Waals surface area contributed by atoms with E-state index in [0.29, 0.717) is 0 Å². The first-order chi connectivity index (χ1) is 10.9. The topological polar surface area (TPSA) is 100 Å². The van der Waals surface area contributed by atoms with Crippen molar-refractivity contribution in [3.05, 3.63) is 39.5 Å². The molecule has 0 aliphatic carbocycles. The maximum Gasteiger partial charge on any atom is 0.331 e. The summed E-state index contributed by atoms with van der Waals surface area (Å²) in [5, 5.41) is 19.1. The van der Waals surface area contributed by atoms with Crippen molar-refractivity contribution in [1.29, 1.82) is 0 Å². The molecule has 1 aliphatic heterocycles. The second kappa shape index (κ2) is 7.25. The van der Waals surface area contributed by atoms with Crippen molar-refractivity contribution in [3.8, 4) is 5.75 Å². The lowest BCUT2D eigenvalue weighted by Crippen LogP contribution is -2.19. The number of ether oxygens (including phenoxy) is 1. The third-order valence-electron chi connectivity index (χ3n) is 2.55. The van der Waals surface area contributed by atoms with Crippen molar-refractivity contribution in [2.75, 3.05) is 7.11 Å². The largest absolute Gasteiger partial charge is 0.507 e. The number of esters is 1. The van der Waals surface area contributed by atoms with Crippen molar-refractivity contribution in [2.24, 2.45) is 10.2 Å². The van der Waals surface area contributed by atoms with Crippen molar-refractivity contribution >= 4 is 46.6 Å². The third kappa shape index (κ3) is 4.08. The molecular weight excluding hydrogens is 349 g/mol. The van der Waals surface area contributed by atoms with Crippen molar-refractivity contribution in [3.63, 3.8) is 0 Å². The molecule has 1 amide bonds. The molecule has 1 fully saturated rings. The van der Waals surface area contributed by atoms with Gasteiger partial charge in [-0.05, 0) is 23.9 Å². The number of hydrogen-bond acceptors (Lipinski definition) is 7. The molecule has 0 unspecified atom stereocenters. The number of nitrogens with zero attached hydrogens (tertiary/aromatic N) is 2. The molecule has 7 nitrogen and oxygen atoms in total. The summed E-state index contributed by atoms with van der Waals surface area (Å²) < 4.78 is 18.1. The summed E-state index contributed by atoms with van der Waals surface area (Å²) in [6.07, 6.45) is 1.97. The molecule has 0 spiro atoms. The van der Waals surface area contributed by atoms with Crippen LogP contribution in [0, 0.1) is 5.82 Å². The van der Waals surface area contributed by atoms with Crippen LogP contribution in [0.15, 0.2) is 33.3 Å². The van der Waals surface area contributed by atoms with Crippen LogP contribution in [-0.4, -0.2) is 35.5 Å². The minimum atomic E-state index is -0.843. The zero-order valence-corrected chi connectivity index (χ0v) is 13.1. The molecule has 23 heavy (non-hydrogen) atoms. The highest BCUT2D eigenvalue weighted by Crippen LogP contribution is 2.25. The van der Waals surface area contributed by atoms with Crippen LogP contribution in [0.5, 0.6) is 5.75 Å². The Morgan fingerprint density at radius 2 is 2.26 bits per heavy atom. The number of carbonyl (C=O) groups excluding carboxylic acids is 2. The second-order valence-corrected chi connectivity index (χ2v) is 5.47. The van der Waals surface area contributed by atoms with E-state index in [1.807, 2.05) is 0 Å². The van der Waals surface area contributed by atoms with E-state index in [9.17, 15) is 19.1 Å². The lowest BCUT2D eigenvalue weighted by atomic mass is 10.2. The number of carbonyl (C=O) groups is 2. The van der Waals surface area contributed by atoms with Crippen molar-refractivity contribution in [1.82, 2.24) is 5.32 Å². The number of amides is 1. The molecule has 1 heterocycles. The minimum Gasteiger partial charge on any atom is -0.507 e. The molecule has 120 valence electrons. The number of nitrogens with one attached hydrogen (secondary N) is 1. The quantitative estimate of drug-likeness (QED) is 0.372. The standard InChI is InChI=1S/C13H9ClFN3O4S/c1-22-10(20)4-9-12(21)17-13(23-9)18-16-5-6-8(19)3-2-7(14)11(6)15/h2-5,19H,1H3,(H,17,18,21)/b9-4+,16-5?. The van der Waals surface area contributed by atoms with Crippen molar-refractivity contribution < 1.29 is 23.8 Å². The van der Waals surface area contributed by atoms with Gasteiger partial charge in [-0.25, -0.2) is 9.18 Å². The fourth-order valence-electron chi connectivity index (χ4n) is 1.46.